The van der Waals surface area contributed by atoms with Gasteiger partial charge in [0.05, 0.1) is 11.6 Å². The number of hydrogen-bond donors (Lipinski definition) is 1. The third-order valence-electron chi connectivity index (χ3n) is 4.04. The Bertz CT molecular complexity index is 811. The van der Waals surface area contributed by atoms with Crippen LogP contribution in [0.25, 0.3) is 22.3 Å². The Balaban J connectivity index is 0.00000113. The molecule has 7 heteroatoms. The number of hydrogen-bond acceptors (Lipinski definition) is 5. The zero-order valence-electron chi connectivity index (χ0n) is 13.6. The maximum Gasteiger partial charge on any atom is 0.163 e. The van der Waals surface area contributed by atoms with Crippen molar-refractivity contribution in [3.8, 4) is 11.4 Å². The molecule has 0 aliphatic carbocycles. The second-order valence-electron chi connectivity index (χ2n) is 5.67. The van der Waals surface area contributed by atoms with Crippen LogP contribution in [0.5, 0.6) is 0 Å². The van der Waals surface area contributed by atoms with E-state index in [4.69, 9.17) is 9.72 Å². The Labute approximate surface area is 159 Å². The lowest BCUT2D eigenvalue weighted by molar-refractivity contribution is 0.120. The molecular formula is C18H20Cl2N4O. The largest absolute Gasteiger partial charge is 0.376 e. The molecule has 1 N–H and O–H groups in total. The first-order valence-corrected chi connectivity index (χ1v) is 7.93. The van der Waals surface area contributed by atoms with Gasteiger partial charge in [0, 0.05) is 36.5 Å². The molecule has 2 aromatic heterocycles. The van der Waals surface area contributed by atoms with E-state index in [1.54, 1.807) is 12.4 Å². The molecule has 4 rings (SSSR count). The monoisotopic (exact) mass is 378 g/mol. The van der Waals surface area contributed by atoms with Crippen LogP contribution in [0.4, 0.5) is 5.82 Å². The summed E-state index contributed by atoms with van der Waals surface area (Å²) >= 11 is 0. The minimum Gasteiger partial charge on any atom is -0.376 e. The predicted octanol–water partition coefficient (Wildman–Crippen LogP) is 4.13. The minimum absolute atomic E-state index is 0. The molecule has 3 aromatic rings. The van der Waals surface area contributed by atoms with Crippen LogP contribution < -0.4 is 5.32 Å². The van der Waals surface area contributed by atoms with Crippen molar-refractivity contribution in [2.75, 3.05) is 18.5 Å². The summed E-state index contributed by atoms with van der Waals surface area (Å²) in [6, 6.07) is 11.9. The maximum atomic E-state index is 5.69. The molecule has 1 unspecified atom stereocenters. The lowest BCUT2D eigenvalue weighted by atomic mass is 10.2. The summed E-state index contributed by atoms with van der Waals surface area (Å²) < 4.78 is 5.69. The third kappa shape index (κ3) is 4.37. The molecule has 0 spiro atoms. The number of aromatic nitrogens is 3. The van der Waals surface area contributed by atoms with Crippen molar-refractivity contribution in [3.63, 3.8) is 0 Å². The van der Waals surface area contributed by atoms with Crippen molar-refractivity contribution in [2.45, 2.75) is 18.9 Å². The van der Waals surface area contributed by atoms with E-state index in [9.17, 15) is 0 Å². The third-order valence-corrected chi connectivity index (χ3v) is 4.04. The first-order chi connectivity index (χ1) is 11.4. The molecule has 5 nitrogen and oxygen atoms in total. The number of nitrogens with zero attached hydrogens (tertiary/aromatic N) is 3. The Kier molecular flexibility index (Phi) is 6.93. The molecule has 0 bridgehead atoms. The van der Waals surface area contributed by atoms with E-state index in [0.29, 0.717) is 5.82 Å². The van der Waals surface area contributed by atoms with Gasteiger partial charge in [0.2, 0.25) is 0 Å². The molecule has 0 amide bonds. The Hall–Kier alpha value is -1.95. The summed E-state index contributed by atoms with van der Waals surface area (Å²) in [5.41, 5.74) is 1.84. The number of benzene rings is 1. The number of rotatable bonds is 4. The second kappa shape index (κ2) is 8.94. The highest BCUT2D eigenvalue weighted by atomic mass is 35.5. The van der Waals surface area contributed by atoms with Crippen molar-refractivity contribution in [1.82, 2.24) is 15.0 Å². The van der Waals surface area contributed by atoms with Gasteiger partial charge in [-0.3, -0.25) is 4.98 Å². The van der Waals surface area contributed by atoms with Crippen molar-refractivity contribution in [1.29, 1.82) is 0 Å². The SMILES string of the molecule is Cl.Cl.c1cncc(-c2nc(NCC3CCCO3)c3ccccc3n2)c1. The first kappa shape index (κ1) is 19.4. The van der Waals surface area contributed by atoms with Gasteiger partial charge >= 0.3 is 0 Å². The van der Waals surface area contributed by atoms with Crippen LogP contribution in [0.2, 0.25) is 0 Å². The van der Waals surface area contributed by atoms with Gasteiger partial charge in [0.15, 0.2) is 5.82 Å². The zero-order valence-corrected chi connectivity index (χ0v) is 15.2. The van der Waals surface area contributed by atoms with Crippen LogP contribution in [0, 0.1) is 0 Å². The van der Waals surface area contributed by atoms with E-state index in [1.807, 2.05) is 36.4 Å². The van der Waals surface area contributed by atoms with E-state index in [2.05, 4.69) is 15.3 Å². The smallest absolute Gasteiger partial charge is 0.163 e. The van der Waals surface area contributed by atoms with E-state index >= 15 is 0 Å². The number of ether oxygens (including phenoxy) is 1. The molecule has 0 radical (unpaired) electrons. The standard InChI is InChI=1S/C18H18N4O.2ClH/c1-2-8-16-15(7-1)18(20-12-14-6-4-10-23-14)22-17(21-16)13-5-3-9-19-11-13;;/h1-3,5,7-9,11,14H,4,6,10,12H2,(H,20,21,22);2*1H. The Morgan fingerprint density at radius 2 is 1.96 bits per heavy atom. The van der Waals surface area contributed by atoms with E-state index in [1.165, 1.54) is 0 Å². The topological polar surface area (TPSA) is 59.9 Å². The van der Waals surface area contributed by atoms with Crippen molar-refractivity contribution in [2.24, 2.45) is 0 Å². The number of anilines is 1. The molecule has 0 saturated carbocycles. The molecule has 1 fully saturated rings. The van der Waals surface area contributed by atoms with Crippen LogP contribution in [-0.2, 0) is 4.74 Å². The van der Waals surface area contributed by atoms with Crippen LogP contribution >= 0.6 is 24.8 Å². The molecule has 1 atom stereocenters. The number of para-hydroxylation sites is 1. The van der Waals surface area contributed by atoms with Crippen LogP contribution in [0.3, 0.4) is 0 Å². The lowest BCUT2D eigenvalue weighted by Gasteiger charge is -2.14. The highest BCUT2D eigenvalue weighted by Gasteiger charge is 2.16. The summed E-state index contributed by atoms with van der Waals surface area (Å²) in [5.74, 6) is 1.54. The van der Waals surface area contributed by atoms with E-state index in [0.717, 1.165) is 48.3 Å². The van der Waals surface area contributed by atoms with Gasteiger partial charge in [-0.15, -0.1) is 24.8 Å². The molecule has 1 saturated heterocycles. The summed E-state index contributed by atoms with van der Waals surface area (Å²) in [6.07, 6.45) is 6.05. The van der Waals surface area contributed by atoms with Gasteiger partial charge in [-0.2, -0.15) is 0 Å². The summed E-state index contributed by atoms with van der Waals surface area (Å²) in [4.78, 5) is 13.5. The summed E-state index contributed by atoms with van der Waals surface area (Å²) in [5, 5.41) is 4.47. The van der Waals surface area contributed by atoms with Crippen molar-refractivity contribution >= 4 is 41.5 Å². The van der Waals surface area contributed by atoms with Gasteiger partial charge in [-0.25, -0.2) is 9.97 Å². The minimum atomic E-state index is 0. The van der Waals surface area contributed by atoms with E-state index < -0.39 is 0 Å². The fourth-order valence-corrected chi connectivity index (χ4v) is 2.85. The average Bonchev–Trinajstić information content (AvgIpc) is 3.14. The molecule has 1 aliphatic heterocycles. The van der Waals surface area contributed by atoms with Gasteiger partial charge < -0.3 is 10.1 Å². The van der Waals surface area contributed by atoms with Gasteiger partial charge in [-0.05, 0) is 37.1 Å². The first-order valence-electron chi connectivity index (χ1n) is 7.93. The lowest BCUT2D eigenvalue weighted by Crippen LogP contribution is -2.19. The van der Waals surface area contributed by atoms with Crippen LogP contribution in [-0.4, -0.2) is 34.2 Å². The molecule has 3 heterocycles. The molecule has 132 valence electrons. The predicted molar refractivity (Wildman–Crippen MR) is 105 cm³/mol. The fraction of sp³-hybridized carbons (Fsp3) is 0.278. The van der Waals surface area contributed by atoms with Crippen molar-refractivity contribution < 1.29 is 4.74 Å². The molecular weight excluding hydrogens is 359 g/mol. The van der Waals surface area contributed by atoms with Gasteiger partial charge in [0.25, 0.3) is 0 Å². The quantitative estimate of drug-likeness (QED) is 0.739. The number of fused-ring (bicyclic) bond motifs is 1. The second-order valence-corrected chi connectivity index (χ2v) is 5.67. The average molecular weight is 379 g/mol. The zero-order chi connectivity index (χ0) is 15.5. The number of halogens is 2. The maximum absolute atomic E-state index is 5.69. The summed E-state index contributed by atoms with van der Waals surface area (Å²) in [7, 11) is 0. The summed E-state index contributed by atoms with van der Waals surface area (Å²) in [6.45, 7) is 1.63. The normalized spacial score (nSPS) is 16.1. The van der Waals surface area contributed by atoms with Gasteiger partial charge in [0.1, 0.15) is 5.82 Å². The van der Waals surface area contributed by atoms with E-state index in [-0.39, 0.29) is 30.9 Å². The number of nitrogens with one attached hydrogen (secondary N) is 1. The molecule has 25 heavy (non-hydrogen) atoms. The van der Waals surface area contributed by atoms with Gasteiger partial charge in [-0.1, -0.05) is 12.1 Å². The van der Waals surface area contributed by atoms with Crippen LogP contribution in [0.15, 0.2) is 48.8 Å². The number of pyridine rings is 1. The Morgan fingerprint density at radius 1 is 1.08 bits per heavy atom. The van der Waals surface area contributed by atoms with Crippen molar-refractivity contribution in [3.05, 3.63) is 48.8 Å². The molecule has 1 aliphatic rings. The highest BCUT2D eigenvalue weighted by molar-refractivity contribution is 5.90. The van der Waals surface area contributed by atoms with Crippen LogP contribution in [0.1, 0.15) is 12.8 Å². The Morgan fingerprint density at radius 3 is 2.72 bits per heavy atom. The highest BCUT2D eigenvalue weighted by Crippen LogP contribution is 2.25. The fourth-order valence-electron chi connectivity index (χ4n) is 2.85. The molecule has 1 aromatic carbocycles.